The number of rotatable bonds is 16. The van der Waals surface area contributed by atoms with Crippen LogP contribution >= 0.6 is 0 Å². The molecule has 0 aliphatic carbocycles. The summed E-state index contributed by atoms with van der Waals surface area (Å²) in [5, 5.41) is 58.2. The number of hydrogen-bond donors (Lipinski definition) is 7. The summed E-state index contributed by atoms with van der Waals surface area (Å²) >= 11 is 0. The van der Waals surface area contributed by atoms with E-state index in [-0.39, 0.29) is 26.2 Å². The van der Waals surface area contributed by atoms with E-state index in [1.54, 1.807) is 20.8 Å². The number of unbranched alkanes of at least 4 members (excludes halogenated alkanes) is 1. The van der Waals surface area contributed by atoms with Crippen molar-refractivity contribution in [2.75, 3.05) is 50.8 Å². The van der Waals surface area contributed by atoms with Crippen LogP contribution in [-0.2, 0) is 11.2 Å². The number of amides is 1. The Balaban J connectivity index is 3.08. The van der Waals surface area contributed by atoms with E-state index < -0.39 is 49.3 Å². The summed E-state index contributed by atoms with van der Waals surface area (Å²) < 4.78 is 5.58. The first-order valence-electron chi connectivity index (χ1n) is 12.4. The van der Waals surface area contributed by atoms with Gasteiger partial charge in [-0.25, -0.2) is 4.79 Å². The molecular formula is C25H45N3O8. The standard InChI is InChI=1S/C25H45N3O8/c1-25(2,3)36-24(35)28(19-9-7-18(8-10-19)6-4-5-11-26)13-12-27(14-20(31)22(33)16-29)15-21(32)23(34)17-30/h7-10,20-23,29-34H,4-6,11-17,26H2,1-3H3/t20-,21-,22+,23+/m0/s1. The fourth-order valence-electron chi connectivity index (χ4n) is 3.47. The van der Waals surface area contributed by atoms with E-state index in [0.717, 1.165) is 24.8 Å². The highest BCUT2D eigenvalue weighted by molar-refractivity contribution is 5.87. The number of nitrogens with two attached hydrogens (primary N) is 1. The molecule has 0 bridgehead atoms. The number of aryl methyl sites for hydroxylation is 1. The fraction of sp³-hybridized carbons (Fsp3) is 0.720. The second kappa shape index (κ2) is 16.1. The van der Waals surface area contributed by atoms with Gasteiger partial charge in [-0.05, 0) is 64.3 Å². The summed E-state index contributed by atoms with van der Waals surface area (Å²) in [5.41, 5.74) is 6.53. The van der Waals surface area contributed by atoms with Crippen LogP contribution in [0.4, 0.5) is 10.5 Å². The van der Waals surface area contributed by atoms with Crippen molar-refractivity contribution in [3.63, 3.8) is 0 Å². The van der Waals surface area contributed by atoms with E-state index in [2.05, 4.69) is 0 Å². The minimum Gasteiger partial charge on any atom is -0.443 e. The number of anilines is 1. The number of nitrogens with zero attached hydrogens (tertiary/aromatic N) is 2. The van der Waals surface area contributed by atoms with Crippen molar-refractivity contribution < 1.29 is 40.2 Å². The molecule has 1 aromatic rings. The average molecular weight is 516 g/mol. The summed E-state index contributed by atoms with van der Waals surface area (Å²) in [5.74, 6) is 0. The van der Waals surface area contributed by atoms with Crippen molar-refractivity contribution in [2.45, 2.75) is 70.1 Å². The molecule has 1 amide bonds. The lowest BCUT2D eigenvalue weighted by Crippen LogP contribution is -2.49. The van der Waals surface area contributed by atoms with Gasteiger partial charge in [0.1, 0.15) is 17.8 Å². The quantitative estimate of drug-likeness (QED) is 0.141. The predicted molar refractivity (Wildman–Crippen MR) is 137 cm³/mol. The van der Waals surface area contributed by atoms with Gasteiger partial charge in [0.2, 0.25) is 0 Å². The Morgan fingerprint density at radius 1 is 0.889 bits per heavy atom. The third kappa shape index (κ3) is 11.9. The van der Waals surface area contributed by atoms with Gasteiger partial charge in [0.25, 0.3) is 0 Å². The Morgan fingerprint density at radius 3 is 1.86 bits per heavy atom. The first-order valence-corrected chi connectivity index (χ1v) is 12.4. The third-order valence-corrected chi connectivity index (χ3v) is 5.57. The first-order chi connectivity index (χ1) is 16.9. The summed E-state index contributed by atoms with van der Waals surface area (Å²) in [4.78, 5) is 16.0. The highest BCUT2D eigenvalue weighted by Crippen LogP contribution is 2.20. The number of ether oxygens (including phenoxy) is 1. The summed E-state index contributed by atoms with van der Waals surface area (Å²) in [6.45, 7) is 4.53. The van der Waals surface area contributed by atoms with Gasteiger partial charge in [0, 0.05) is 31.9 Å². The summed E-state index contributed by atoms with van der Waals surface area (Å²) in [7, 11) is 0. The van der Waals surface area contributed by atoms with Gasteiger partial charge in [-0.2, -0.15) is 0 Å². The lowest BCUT2D eigenvalue weighted by molar-refractivity contribution is -0.0531. The molecule has 0 spiro atoms. The van der Waals surface area contributed by atoms with Crippen LogP contribution in [0.1, 0.15) is 39.2 Å². The largest absolute Gasteiger partial charge is 0.443 e. The second-order valence-corrected chi connectivity index (χ2v) is 9.94. The molecule has 0 fully saturated rings. The van der Waals surface area contributed by atoms with Crippen LogP contribution in [0.25, 0.3) is 0 Å². The Labute approximate surface area is 213 Å². The molecule has 0 saturated carbocycles. The normalized spacial score (nSPS) is 15.4. The number of aliphatic hydroxyl groups excluding tert-OH is 6. The SMILES string of the molecule is CC(C)(C)OC(=O)N(CCN(C[C@H](O)[C@H](O)CO)C[C@H](O)[C@H](O)CO)c1ccc(CCCCN)cc1. The smallest absolute Gasteiger partial charge is 0.414 e. The molecule has 11 nitrogen and oxygen atoms in total. The molecule has 1 aromatic carbocycles. The maximum Gasteiger partial charge on any atom is 0.414 e. The zero-order valence-corrected chi connectivity index (χ0v) is 21.7. The number of aliphatic hydroxyl groups is 6. The Hall–Kier alpha value is -1.83. The van der Waals surface area contributed by atoms with Crippen molar-refractivity contribution in [2.24, 2.45) is 5.73 Å². The molecule has 0 radical (unpaired) electrons. The maximum absolute atomic E-state index is 13.0. The van der Waals surface area contributed by atoms with Crippen LogP contribution in [0, 0.1) is 0 Å². The van der Waals surface area contributed by atoms with E-state index >= 15 is 0 Å². The molecule has 208 valence electrons. The zero-order chi connectivity index (χ0) is 27.3. The van der Waals surface area contributed by atoms with E-state index in [9.17, 15) is 25.2 Å². The van der Waals surface area contributed by atoms with Gasteiger partial charge in [0.15, 0.2) is 0 Å². The van der Waals surface area contributed by atoms with Crippen molar-refractivity contribution in [3.05, 3.63) is 29.8 Å². The van der Waals surface area contributed by atoms with E-state index in [1.165, 1.54) is 9.80 Å². The Bertz CT molecular complexity index is 726. The first kappa shape index (κ1) is 32.2. The highest BCUT2D eigenvalue weighted by Gasteiger charge is 2.27. The third-order valence-electron chi connectivity index (χ3n) is 5.57. The van der Waals surface area contributed by atoms with Crippen LogP contribution in [-0.4, -0.2) is 118 Å². The van der Waals surface area contributed by atoms with Crippen molar-refractivity contribution >= 4 is 11.8 Å². The van der Waals surface area contributed by atoms with Crippen molar-refractivity contribution in [3.8, 4) is 0 Å². The predicted octanol–water partition coefficient (Wildman–Crippen LogP) is -0.560. The van der Waals surface area contributed by atoms with E-state index in [1.807, 2.05) is 24.3 Å². The van der Waals surface area contributed by atoms with Crippen LogP contribution in [0.15, 0.2) is 24.3 Å². The lowest BCUT2D eigenvalue weighted by Gasteiger charge is -2.33. The second-order valence-electron chi connectivity index (χ2n) is 9.94. The van der Waals surface area contributed by atoms with Gasteiger partial charge >= 0.3 is 6.09 Å². The molecule has 0 unspecified atom stereocenters. The van der Waals surface area contributed by atoms with Gasteiger partial charge in [-0.3, -0.25) is 9.80 Å². The van der Waals surface area contributed by atoms with Gasteiger partial charge < -0.3 is 41.1 Å². The number of benzene rings is 1. The monoisotopic (exact) mass is 515 g/mol. The molecular weight excluding hydrogens is 470 g/mol. The Kier molecular flexibility index (Phi) is 14.4. The lowest BCUT2D eigenvalue weighted by atomic mass is 10.1. The highest BCUT2D eigenvalue weighted by atomic mass is 16.6. The number of hydrogen-bond acceptors (Lipinski definition) is 10. The molecule has 0 aliphatic heterocycles. The van der Waals surface area contributed by atoms with Gasteiger partial charge in [-0.1, -0.05) is 12.1 Å². The fourth-order valence-corrected chi connectivity index (χ4v) is 3.47. The molecule has 8 N–H and O–H groups in total. The molecule has 0 saturated heterocycles. The van der Waals surface area contributed by atoms with E-state index in [4.69, 9.17) is 20.7 Å². The summed E-state index contributed by atoms with van der Waals surface area (Å²) in [6.07, 6.45) is -3.30. The molecule has 0 aromatic heterocycles. The minimum atomic E-state index is -1.40. The average Bonchev–Trinajstić information content (AvgIpc) is 2.82. The van der Waals surface area contributed by atoms with Gasteiger partial charge in [0.05, 0.1) is 25.4 Å². The molecule has 0 heterocycles. The molecule has 4 atom stereocenters. The molecule has 1 rings (SSSR count). The minimum absolute atomic E-state index is 0.102. The van der Waals surface area contributed by atoms with Crippen LogP contribution in [0.3, 0.4) is 0 Å². The van der Waals surface area contributed by atoms with Crippen molar-refractivity contribution in [1.82, 2.24) is 4.90 Å². The maximum atomic E-state index is 13.0. The molecule has 0 aliphatic rings. The Morgan fingerprint density at radius 2 is 1.42 bits per heavy atom. The van der Waals surface area contributed by atoms with Crippen LogP contribution in [0.5, 0.6) is 0 Å². The van der Waals surface area contributed by atoms with E-state index in [0.29, 0.717) is 12.2 Å². The summed E-state index contributed by atoms with van der Waals surface area (Å²) in [6, 6.07) is 7.51. The molecule has 11 heteroatoms. The zero-order valence-electron chi connectivity index (χ0n) is 21.7. The topological polar surface area (TPSA) is 180 Å². The van der Waals surface area contributed by atoms with Crippen LogP contribution in [0.2, 0.25) is 0 Å². The van der Waals surface area contributed by atoms with Crippen LogP contribution < -0.4 is 10.6 Å². The van der Waals surface area contributed by atoms with Crippen molar-refractivity contribution in [1.29, 1.82) is 0 Å². The number of carbonyl (C=O) groups excluding carboxylic acids is 1. The number of carbonyl (C=O) groups is 1. The van der Waals surface area contributed by atoms with Gasteiger partial charge in [-0.15, -0.1) is 0 Å². The molecule has 36 heavy (non-hydrogen) atoms.